The first kappa shape index (κ1) is 14.5. The number of rotatable bonds is 5. The summed E-state index contributed by atoms with van der Waals surface area (Å²) in [7, 11) is 0. The van der Waals surface area contributed by atoms with Gasteiger partial charge in [-0.3, -0.25) is 0 Å². The number of hydrogen-bond donors (Lipinski definition) is 1. The molecule has 0 saturated carbocycles. The van der Waals surface area contributed by atoms with E-state index < -0.39 is 0 Å². The standard InChI is InChI=1S/C16H24N2S/c1-11(2)18-9-14(10-19-12(3)4)15-7-5-6-13(8-17)16(15)18/h5-7,9,11-12H,8,10,17H2,1-4H3. The van der Waals surface area contributed by atoms with E-state index in [0.29, 0.717) is 17.8 Å². The van der Waals surface area contributed by atoms with Crippen molar-refractivity contribution in [2.24, 2.45) is 5.73 Å². The van der Waals surface area contributed by atoms with Gasteiger partial charge < -0.3 is 10.3 Å². The molecule has 0 fully saturated rings. The molecule has 104 valence electrons. The van der Waals surface area contributed by atoms with Crippen LogP contribution in [0.5, 0.6) is 0 Å². The molecular weight excluding hydrogens is 252 g/mol. The van der Waals surface area contributed by atoms with Gasteiger partial charge in [0.25, 0.3) is 0 Å². The van der Waals surface area contributed by atoms with Crippen molar-refractivity contribution >= 4 is 22.7 Å². The second-order valence-corrected chi connectivity index (χ2v) is 7.10. The highest BCUT2D eigenvalue weighted by Crippen LogP contribution is 2.30. The molecule has 19 heavy (non-hydrogen) atoms. The molecule has 2 N–H and O–H groups in total. The van der Waals surface area contributed by atoms with Crippen LogP contribution in [0.25, 0.3) is 10.9 Å². The Morgan fingerprint density at radius 2 is 1.89 bits per heavy atom. The average molecular weight is 276 g/mol. The first-order chi connectivity index (χ1) is 9.04. The average Bonchev–Trinajstić information content (AvgIpc) is 2.75. The maximum absolute atomic E-state index is 5.90. The van der Waals surface area contributed by atoms with Crippen molar-refractivity contribution in [1.29, 1.82) is 0 Å². The Balaban J connectivity index is 2.54. The molecule has 1 aromatic carbocycles. The maximum Gasteiger partial charge on any atom is 0.0531 e. The fourth-order valence-corrected chi connectivity index (χ4v) is 3.14. The summed E-state index contributed by atoms with van der Waals surface area (Å²) in [5.74, 6) is 1.07. The molecule has 0 unspecified atom stereocenters. The molecule has 0 aliphatic heterocycles. The molecule has 0 aliphatic carbocycles. The molecule has 0 atom stereocenters. The minimum atomic E-state index is 0.466. The second kappa shape index (κ2) is 6.02. The topological polar surface area (TPSA) is 30.9 Å². The zero-order valence-corrected chi connectivity index (χ0v) is 13.1. The van der Waals surface area contributed by atoms with E-state index >= 15 is 0 Å². The van der Waals surface area contributed by atoms with Gasteiger partial charge in [-0.1, -0.05) is 32.0 Å². The fourth-order valence-electron chi connectivity index (χ4n) is 2.40. The van der Waals surface area contributed by atoms with Crippen molar-refractivity contribution in [3.8, 4) is 0 Å². The Morgan fingerprint density at radius 3 is 2.47 bits per heavy atom. The second-order valence-electron chi connectivity index (χ2n) is 5.53. The third-order valence-corrected chi connectivity index (χ3v) is 4.51. The number of nitrogens with zero attached hydrogens (tertiary/aromatic N) is 1. The minimum absolute atomic E-state index is 0.466. The Hall–Kier alpha value is -0.930. The lowest BCUT2D eigenvalue weighted by molar-refractivity contribution is 0.620. The van der Waals surface area contributed by atoms with Crippen molar-refractivity contribution in [1.82, 2.24) is 4.57 Å². The lowest BCUT2D eigenvalue weighted by Crippen LogP contribution is -2.03. The highest BCUT2D eigenvalue weighted by molar-refractivity contribution is 7.99. The molecule has 0 radical (unpaired) electrons. The van der Waals surface area contributed by atoms with E-state index in [1.54, 1.807) is 0 Å². The Labute approximate surface area is 120 Å². The van der Waals surface area contributed by atoms with Crippen LogP contribution >= 0.6 is 11.8 Å². The molecule has 0 spiro atoms. The number of aromatic nitrogens is 1. The highest BCUT2D eigenvalue weighted by atomic mass is 32.2. The van der Waals surface area contributed by atoms with Crippen molar-refractivity contribution in [2.75, 3.05) is 0 Å². The molecule has 0 bridgehead atoms. The summed E-state index contributed by atoms with van der Waals surface area (Å²) in [4.78, 5) is 0. The summed E-state index contributed by atoms with van der Waals surface area (Å²) in [6, 6.07) is 6.95. The molecule has 0 aliphatic rings. The lowest BCUT2D eigenvalue weighted by Gasteiger charge is -2.11. The monoisotopic (exact) mass is 276 g/mol. The fraction of sp³-hybridized carbons (Fsp3) is 0.500. The van der Waals surface area contributed by atoms with Crippen LogP contribution in [-0.2, 0) is 12.3 Å². The number of thioether (sulfide) groups is 1. The summed E-state index contributed by atoms with van der Waals surface area (Å²) >= 11 is 1.99. The van der Waals surface area contributed by atoms with Gasteiger partial charge in [-0.2, -0.15) is 11.8 Å². The zero-order valence-electron chi connectivity index (χ0n) is 12.3. The number of nitrogens with two attached hydrogens (primary N) is 1. The van der Waals surface area contributed by atoms with Gasteiger partial charge in [-0.05, 0) is 30.2 Å². The molecule has 0 saturated heterocycles. The van der Waals surface area contributed by atoms with Gasteiger partial charge in [0.1, 0.15) is 0 Å². The zero-order chi connectivity index (χ0) is 14.0. The summed E-state index contributed by atoms with van der Waals surface area (Å²) in [5.41, 5.74) is 9.89. The third kappa shape index (κ3) is 2.98. The summed E-state index contributed by atoms with van der Waals surface area (Å²) in [6.45, 7) is 9.55. The van der Waals surface area contributed by atoms with Crippen molar-refractivity contribution in [3.63, 3.8) is 0 Å². The Kier molecular flexibility index (Phi) is 4.58. The van der Waals surface area contributed by atoms with Crippen LogP contribution in [-0.4, -0.2) is 9.82 Å². The van der Waals surface area contributed by atoms with Crippen LogP contribution in [0.3, 0.4) is 0 Å². The van der Waals surface area contributed by atoms with Crippen molar-refractivity contribution in [3.05, 3.63) is 35.5 Å². The van der Waals surface area contributed by atoms with Gasteiger partial charge in [0, 0.05) is 29.9 Å². The largest absolute Gasteiger partial charge is 0.344 e. The van der Waals surface area contributed by atoms with Crippen molar-refractivity contribution in [2.45, 2.75) is 51.3 Å². The molecule has 0 amide bonds. The lowest BCUT2D eigenvalue weighted by atomic mass is 10.1. The van der Waals surface area contributed by atoms with Crippen LogP contribution in [0.1, 0.15) is 44.9 Å². The molecular formula is C16H24N2S. The summed E-state index contributed by atoms with van der Waals surface area (Å²) < 4.78 is 2.37. The molecule has 2 nitrogen and oxygen atoms in total. The smallest absolute Gasteiger partial charge is 0.0531 e. The highest BCUT2D eigenvalue weighted by Gasteiger charge is 2.13. The predicted molar refractivity (Wildman–Crippen MR) is 86.6 cm³/mol. The normalized spacial score (nSPS) is 11.9. The maximum atomic E-state index is 5.90. The Morgan fingerprint density at radius 1 is 1.16 bits per heavy atom. The number of benzene rings is 1. The van der Waals surface area contributed by atoms with Gasteiger partial charge in [0.05, 0.1) is 5.52 Å². The van der Waals surface area contributed by atoms with Gasteiger partial charge in [0.15, 0.2) is 0 Å². The van der Waals surface area contributed by atoms with E-state index in [2.05, 4.69) is 56.7 Å². The predicted octanol–water partition coefficient (Wildman–Crippen LogP) is 4.32. The number of para-hydroxylation sites is 1. The van der Waals surface area contributed by atoms with Crippen LogP contribution in [0.2, 0.25) is 0 Å². The first-order valence-electron chi connectivity index (χ1n) is 6.97. The first-order valence-corrected chi connectivity index (χ1v) is 8.02. The van der Waals surface area contributed by atoms with Crippen LogP contribution in [0, 0.1) is 0 Å². The summed E-state index contributed by atoms with van der Waals surface area (Å²) in [6.07, 6.45) is 2.31. The van der Waals surface area contributed by atoms with Gasteiger partial charge in [-0.25, -0.2) is 0 Å². The number of hydrogen-bond acceptors (Lipinski definition) is 2. The van der Waals surface area contributed by atoms with Gasteiger partial charge in [0.2, 0.25) is 0 Å². The SMILES string of the molecule is CC(C)SCc1cn(C(C)C)c2c(CN)cccc12. The van der Waals surface area contributed by atoms with E-state index in [1.165, 1.54) is 22.0 Å². The van der Waals surface area contributed by atoms with Gasteiger partial charge >= 0.3 is 0 Å². The molecule has 1 aromatic heterocycles. The minimum Gasteiger partial charge on any atom is -0.344 e. The molecule has 2 rings (SSSR count). The van der Waals surface area contributed by atoms with E-state index in [1.807, 2.05) is 11.8 Å². The van der Waals surface area contributed by atoms with Gasteiger partial charge in [-0.15, -0.1) is 0 Å². The quantitative estimate of drug-likeness (QED) is 0.881. The van der Waals surface area contributed by atoms with E-state index in [-0.39, 0.29) is 0 Å². The molecule has 3 heteroatoms. The summed E-state index contributed by atoms with van der Waals surface area (Å²) in [5, 5.41) is 2.03. The molecule has 2 aromatic rings. The van der Waals surface area contributed by atoms with Crippen molar-refractivity contribution < 1.29 is 0 Å². The van der Waals surface area contributed by atoms with Crippen LogP contribution < -0.4 is 5.73 Å². The van der Waals surface area contributed by atoms with E-state index in [0.717, 1.165) is 5.75 Å². The Bertz CT molecular complexity index is 555. The van der Waals surface area contributed by atoms with Crippen LogP contribution in [0.15, 0.2) is 24.4 Å². The third-order valence-electron chi connectivity index (χ3n) is 3.37. The van der Waals surface area contributed by atoms with E-state index in [9.17, 15) is 0 Å². The van der Waals surface area contributed by atoms with E-state index in [4.69, 9.17) is 5.73 Å². The number of fused-ring (bicyclic) bond motifs is 1. The van der Waals surface area contributed by atoms with Crippen LogP contribution in [0.4, 0.5) is 0 Å². The molecule has 1 heterocycles.